The maximum Gasteiger partial charge on any atom is 0.355 e. The number of benzene rings is 1. The van der Waals surface area contributed by atoms with Gasteiger partial charge in [0.2, 0.25) is 0 Å². The van der Waals surface area contributed by atoms with Gasteiger partial charge in [0, 0.05) is 23.0 Å². The zero-order chi connectivity index (χ0) is 21.1. The Morgan fingerprint density at radius 3 is 2.52 bits per heavy atom. The summed E-state index contributed by atoms with van der Waals surface area (Å²) in [7, 11) is 2.52. The average molecular weight is 413 g/mol. The number of allylic oxidation sites excluding steroid dienone is 2. The second-order valence-electron chi connectivity index (χ2n) is 6.36. The van der Waals surface area contributed by atoms with Crippen LogP contribution in [0.4, 0.5) is 5.69 Å². The van der Waals surface area contributed by atoms with Crippen molar-refractivity contribution < 1.29 is 19.1 Å². The second kappa shape index (κ2) is 8.49. The maximum atomic E-state index is 12.6. The van der Waals surface area contributed by atoms with Crippen molar-refractivity contribution in [2.75, 3.05) is 19.1 Å². The van der Waals surface area contributed by atoms with Crippen molar-refractivity contribution in [2.45, 2.75) is 20.3 Å². The van der Waals surface area contributed by atoms with Crippen LogP contribution in [-0.2, 0) is 25.5 Å². The van der Waals surface area contributed by atoms with E-state index in [-0.39, 0.29) is 11.3 Å². The molecule has 0 aliphatic carbocycles. The van der Waals surface area contributed by atoms with Gasteiger partial charge in [-0.05, 0) is 49.3 Å². The van der Waals surface area contributed by atoms with Gasteiger partial charge in [0.25, 0.3) is 0 Å². The summed E-state index contributed by atoms with van der Waals surface area (Å²) < 4.78 is 9.78. The third-order valence-corrected chi connectivity index (χ3v) is 5.16. The molecule has 2 aromatic rings. The second-order valence-corrected chi connectivity index (χ2v) is 6.74. The number of carbonyl (C=O) groups excluding carboxylic acids is 2. The van der Waals surface area contributed by atoms with Crippen molar-refractivity contribution in [3.63, 3.8) is 0 Å². The van der Waals surface area contributed by atoms with Crippen LogP contribution in [0.25, 0.3) is 10.9 Å². The topological polar surface area (TPSA) is 68.7 Å². The first kappa shape index (κ1) is 20.6. The lowest BCUT2D eigenvalue weighted by Gasteiger charge is -2.23. The first-order valence-electron chi connectivity index (χ1n) is 9.06. The molecular weight excluding hydrogens is 392 g/mol. The number of ether oxygens (including phenoxy) is 2. The zero-order valence-electron chi connectivity index (χ0n) is 16.7. The predicted octanol–water partition coefficient (Wildman–Crippen LogP) is 4.25. The lowest BCUT2D eigenvalue weighted by Crippen LogP contribution is -2.26. The summed E-state index contributed by atoms with van der Waals surface area (Å²) in [5.41, 5.74) is 3.39. The molecule has 0 radical (unpaired) electrons. The van der Waals surface area contributed by atoms with Gasteiger partial charge in [-0.3, -0.25) is 4.98 Å². The fourth-order valence-corrected chi connectivity index (χ4v) is 3.72. The van der Waals surface area contributed by atoms with E-state index in [0.717, 1.165) is 28.6 Å². The van der Waals surface area contributed by atoms with Crippen molar-refractivity contribution in [1.82, 2.24) is 4.98 Å². The van der Waals surface area contributed by atoms with Gasteiger partial charge in [-0.2, -0.15) is 0 Å². The van der Waals surface area contributed by atoms with E-state index in [1.54, 1.807) is 23.3 Å². The number of methoxy groups -OCH3 is 2. The molecule has 0 N–H and O–H groups in total. The van der Waals surface area contributed by atoms with Gasteiger partial charge in [-0.15, -0.1) is 0 Å². The first-order valence-corrected chi connectivity index (χ1v) is 9.44. The molecule has 0 saturated carbocycles. The van der Waals surface area contributed by atoms with Crippen LogP contribution in [0.3, 0.4) is 0 Å². The highest BCUT2D eigenvalue weighted by Crippen LogP contribution is 2.34. The van der Waals surface area contributed by atoms with Gasteiger partial charge in [-0.25, -0.2) is 9.59 Å². The summed E-state index contributed by atoms with van der Waals surface area (Å²) in [6.07, 6.45) is 7.32. The zero-order valence-corrected chi connectivity index (χ0v) is 17.4. The summed E-state index contributed by atoms with van der Waals surface area (Å²) >= 11 is 6.65. The molecule has 0 saturated heterocycles. The fraction of sp³-hybridized carbons (Fsp3) is 0.227. The monoisotopic (exact) mass is 412 g/mol. The molecule has 0 unspecified atom stereocenters. The van der Waals surface area contributed by atoms with Crippen LogP contribution in [0.15, 0.2) is 53.9 Å². The fourth-order valence-electron chi connectivity index (χ4n) is 3.29. The van der Waals surface area contributed by atoms with Crippen LogP contribution >= 0.6 is 11.6 Å². The Morgan fingerprint density at radius 1 is 1.14 bits per heavy atom. The highest BCUT2D eigenvalue weighted by Gasteiger charge is 2.27. The third kappa shape index (κ3) is 3.76. The van der Waals surface area contributed by atoms with E-state index < -0.39 is 11.9 Å². The van der Waals surface area contributed by atoms with Crippen molar-refractivity contribution in [1.29, 1.82) is 0 Å². The number of fused-ring (bicyclic) bond motifs is 1. The quantitative estimate of drug-likeness (QED) is 0.699. The molecule has 3 rings (SSSR count). The maximum absolute atomic E-state index is 12.6. The number of carbonyl (C=O) groups is 2. The van der Waals surface area contributed by atoms with E-state index in [2.05, 4.69) is 4.98 Å². The highest BCUT2D eigenvalue weighted by molar-refractivity contribution is 6.36. The van der Waals surface area contributed by atoms with Crippen LogP contribution in [0.5, 0.6) is 0 Å². The molecule has 150 valence electrons. The van der Waals surface area contributed by atoms with E-state index in [1.807, 2.05) is 32.0 Å². The van der Waals surface area contributed by atoms with Crippen LogP contribution in [0.2, 0.25) is 5.02 Å². The molecule has 1 aromatic heterocycles. The number of halogens is 1. The van der Waals surface area contributed by atoms with E-state index in [0.29, 0.717) is 10.7 Å². The summed E-state index contributed by atoms with van der Waals surface area (Å²) in [5.74, 6) is -1.30. The van der Waals surface area contributed by atoms with Crippen LogP contribution < -0.4 is 4.90 Å². The lowest BCUT2D eigenvalue weighted by molar-refractivity contribution is -0.139. The molecular formula is C22H21ClN2O4. The molecule has 2 heterocycles. The number of nitrogens with zero attached hydrogens (tertiary/aromatic N) is 2. The molecule has 1 aliphatic heterocycles. The molecule has 0 amide bonds. The van der Waals surface area contributed by atoms with Crippen molar-refractivity contribution in [3.05, 3.63) is 70.2 Å². The van der Waals surface area contributed by atoms with Gasteiger partial charge in [0.05, 0.1) is 30.3 Å². The largest absolute Gasteiger partial charge is 0.465 e. The minimum atomic E-state index is -0.663. The van der Waals surface area contributed by atoms with Crippen molar-refractivity contribution >= 4 is 40.1 Å². The Bertz CT molecular complexity index is 1090. The highest BCUT2D eigenvalue weighted by atomic mass is 35.5. The Morgan fingerprint density at radius 2 is 1.86 bits per heavy atom. The van der Waals surface area contributed by atoms with Crippen molar-refractivity contribution in [2.24, 2.45) is 0 Å². The number of anilines is 1. The van der Waals surface area contributed by atoms with Crippen LogP contribution in [-0.4, -0.2) is 31.1 Å². The molecule has 0 atom stereocenters. The average Bonchev–Trinajstić information content (AvgIpc) is 2.95. The summed E-state index contributed by atoms with van der Waals surface area (Å²) in [6, 6.07) is 5.49. The Kier molecular flexibility index (Phi) is 6.03. The molecule has 0 spiro atoms. The first-order chi connectivity index (χ1) is 13.9. The minimum absolute atomic E-state index is 0.0515. The van der Waals surface area contributed by atoms with Crippen LogP contribution in [0, 0.1) is 6.92 Å². The standard InChI is InChI=1S/C22H21ClN2O4/c1-5-15-13(2)24-18-10-9-14(12-17(18)19(15)23)25-11-7-6-8-16(21(26)28-3)20(25)22(27)29-4/h6-12H,5H2,1-4H3. The van der Waals surface area contributed by atoms with E-state index in [4.69, 9.17) is 21.1 Å². The molecule has 1 aromatic carbocycles. The molecule has 1 aliphatic rings. The van der Waals surface area contributed by atoms with E-state index >= 15 is 0 Å². The number of rotatable bonds is 4. The molecule has 7 heteroatoms. The van der Waals surface area contributed by atoms with Gasteiger partial charge in [0.15, 0.2) is 0 Å². The van der Waals surface area contributed by atoms with Crippen molar-refractivity contribution in [3.8, 4) is 0 Å². The minimum Gasteiger partial charge on any atom is -0.465 e. The molecule has 0 fully saturated rings. The Labute approximate surface area is 174 Å². The number of aromatic nitrogens is 1. The summed E-state index contributed by atoms with van der Waals surface area (Å²) in [4.78, 5) is 31.1. The van der Waals surface area contributed by atoms with Crippen LogP contribution in [0.1, 0.15) is 18.2 Å². The van der Waals surface area contributed by atoms with E-state index in [1.165, 1.54) is 20.3 Å². The van der Waals surface area contributed by atoms with Gasteiger partial charge < -0.3 is 14.4 Å². The Hall–Kier alpha value is -3.12. The molecule has 0 bridgehead atoms. The van der Waals surface area contributed by atoms with Gasteiger partial charge in [-0.1, -0.05) is 24.6 Å². The summed E-state index contributed by atoms with van der Waals surface area (Å²) in [5, 5.41) is 1.40. The molecule has 29 heavy (non-hydrogen) atoms. The number of esters is 2. The smallest absolute Gasteiger partial charge is 0.355 e. The van der Waals surface area contributed by atoms with E-state index in [9.17, 15) is 9.59 Å². The number of hydrogen-bond donors (Lipinski definition) is 0. The molecule has 6 nitrogen and oxygen atoms in total. The van der Waals surface area contributed by atoms with Gasteiger partial charge in [0.1, 0.15) is 5.70 Å². The lowest BCUT2D eigenvalue weighted by atomic mass is 10.1. The normalized spacial score (nSPS) is 13.6. The Balaban J connectivity index is 2.25. The summed E-state index contributed by atoms with van der Waals surface area (Å²) in [6.45, 7) is 3.96. The number of pyridine rings is 1. The van der Waals surface area contributed by atoms with Gasteiger partial charge >= 0.3 is 11.9 Å². The number of aryl methyl sites for hydroxylation is 1. The predicted molar refractivity (Wildman–Crippen MR) is 113 cm³/mol. The number of hydrogen-bond acceptors (Lipinski definition) is 6. The SMILES string of the molecule is CCc1c(C)nc2ccc(N3C=CC=CC(C(=O)OC)=C3C(=O)OC)cc2c1Cl. The third-order valence-electron chi connectivity index (χ3n) is 4.73.